The van der Waals surface area contributed by atoms with Crippen LogP contribution in [0, 0.1) is 12.8 Å². The van der Waals surface area contributed by atoms with Gasteiger partial charge in [0.1, 0.15) is 0 Å². The monoisotopic (exact) mass is 317 g/mol. The summed E-state index contributed by atoms with van der Waals surface area (Å²) >= 11 is 0. The van der Waals surface area contributed by atoms with Crippen LogP contribution >= 0.6 is 0 Å². The lowest BCUT2D eigenvalue weighted by Gasteiger charge is -2.13. The minimum atomic E-state index is -3.41. The van der Waals surface area contributed by atoms with Crippen LogP contribution in [-0.2, 0) is 16.4 Å². The van der Waals surface area contributed by atoms with Crippen molar-refractivity contribution in [2.24, 2.45) is 5.92 Å². The molecule has 22 heavy (non-hydrogen) atoms. The second-order valence-corrected chi connectivity index (χ2v) is 7.56. The van der Waals surface area contributed by atoms with Crippen LogP contribution in [0.5, 0.6) is 0 Å². The molecule has 2 aromatic rings. The largest absolute Gasteiger partial charge is 0.240 e. The van der Waals surface area contributed by atoms with Gasteiger partial charge in [-0.1, -0.05) is 55.0 Å². The highest BCUT2D eigenvalue weighted by atomic mass is 32.2. The van der Waals surface area contributed by atoms with E-state index in [4.69, 9.17) is 0 Å². The van der Waals surface area contributed by atoms with Crippen molar-refractivity contribution in [2.45, 2.75) is 31.6 Å². The highest BCUT2D eigenvalue weighted by molar-refractivity contribution is 7.89. The van der Waals surface area contributed by atoms with Crippen molar-refractivity contribution in [2.75, 3.05) is 6.54 Å². The number of sulfonamides is 1. The predicted octanol–water partition coefficient (Wildman–Crippen LogP) is 3.54. The summed E-state index contributed by atoms with van der Waals surface area (Å²) < 4.78 is 27.1. The van der Waals surface area contributed by atoms with Gasteiger partial charge in [0.25, 0.3) is 0 Å². The summed E-state index contributed by atoms with van der Waals surface area (Å²) in [5.41, 5.74) is 2.34. The first kappa shape index (κ1) is 16.7. The van der Waals surface area contributed by atoms with Gasteiger partial charge in [0.2, 0.25) is 10.0 Å². The molecule has 0 aromatic heterocycles. The molecule has 0 aliphatic heterocycles. The van der Waals surface area contributed by atoms with Crippen LogP contribution in [0.15, 0.2) is 59.5 Å². The molecule has 4 heteroatoms. The zero-order valence-corrected chi connectivity index (χ0v) is 13.9. The maximum Gasteiger partial charge on any atom is 0.240 e. The van der Waals surface area contributed by atoms with Gasteiger partial charge in [0.05, 0.1) is 4.90 Å². The zero-order chi connectivity index (χ0) is 16.0. The van der Waals surface area contributed by atoms with Crippen LogP contribution in [0.2, 0.25) is 0 Å². The van der Waals surface area contributed by atoms with Crippen LogP contribution in [0.1, 0.15) is 24.5 Å². The molecule has 3 nitrogen and oxygen atoms in total. The Labute approximate surface area is 133 Å². The van der Waals surface area contributed by atoms with E-state index in [0.717, 1.165) is 18.4 Å². The number of hydrogen-bond donors (Lipinski definition) is 1. The molecule has 2 rings (SSSR count). The fourth-order valence-corrected chi connectivity index (χ4v) is 3.38. The Bertz CT molecular complexity index is 679. The van der Waals surface area contributed by atoms with Crippen molar-refractivity contribution in [3.05, 3.63) is 65.7 Å². The van der Waals surface area contributed by atoms with E-state index in [2.05, 4.69) is 23.8 Å². The normalized spacial score (nSPS) is 13.0. The van der Waals surface area contributed by atoms with Gasteiger partial charge >= 0.3 is 0 Å². The van der Waals surface area contributed by atoms with Gasteiger partial charge in [-0.05, 0) is 43.4 Å². The molecule has 118 valence electrons. The molecular weight excluding hydrogens is 294 g/mol. The highest BCUT2D eigenvalue weighted by Gasteiger charge is 2.14. The fraction of sp³-hybridized carbons (Fsp3) is 0.333. The summed E-state index contributed by atoms with van der Waals surface area (Å²) in [5, 5.41) is 0. The number of rotatable bonds is 7. The molecular formula is C18H23NO2S. The second-order valence-electron chi connectivity index (χ2n) is 5.79. The number of aryl methyl sites for hydroxylation is 2. The zero-order valence-electron chi connectivity index (χ0n) is 13.1. The Kier molecular flexibility index (Phi) is 5.75. The Balaban J connectivity index is 1.85. The molecule has 0 radical (unpaired) electrons. The third-order valence-electron chi connectivity index (χ3n) is 3.72. The first-order valence-corrected chi connectivity index (χ1v) is 9.06. The van der Waals surface area contributed by atoms with Gasteiger partial charge < -0.3 is 0 Å². The van der Waals surface area contributed by atoms with Gasteiger partial charge in [-0.3, -0.25) is 0 Å². The van der Waals surface area contributed by atoms with Crippen LogP contribution in [0.4, 0.5) is 0 Å². The minimum Gasteiger partial charge on any atom is -0.211 e. The van der Waals surface area contributed by atoms with Crippen molar-refractivity contribution in [1.82, 2.24) is 4.72 Å². The van der Waals surface area contributed by atoms with Crippen LogP contribution in [0.25, 0.3) is 0 Å². The fourth-order valence-electron chi connectivity index (χ4n) is 2.21. The minimum absolute atomic E-state index is 0.292. The summed E-state index contributed by atoms with van der Waals surface area (Å²) in [4.78, 5) is 0.327. The molecule has 0 aliphatic rings. The summed E-state index contributed by atoms with van der Waals surface area (Å²) in [6, 6.07) is 17.2. The van der Waals surface area contributed by atoms with Gasteiger partial charge in [0.15, 0.2) is 0 Å². The molecule has 1 unspecified atom stereocenters. The smallest absolute Gasteiger partial charge is 0.211 e. The second kappa shape index (κ2) is 7.56. The van der Waals surface area contributed by atoms with Crippen LogP contribution in [0.3, 0.4) is 0 Å². The van der Waals surface area contributed by atoms with Crippen molar-refractivity contribution in [3.8, 4) is 0 Å². The molecule has 2 aromatic carbocycles. The summed E-state index contributed by atoms with van der Waals surface area (Å²) in [7, 11) is -3.41. The highest BCUT2D eigenvalue weighted by Crippen LogP contribution is 2.12. The lowest BCUT2D eigenvalue weighted by molar-refractivity contribution is 0.510. The van der Waals surface area contributed by atoms with E-state index in [1.54, 1.807) is 12.1 Å². The standard InChI is InChI=1S/C18H23NO2S/c1-15-9-12-18(13-10-15)22(20,21)19-14-16(2)8-11-17-6-4-3-5-7-17/h3-7,9-10,12-13,16,19H,8,11,14H2,1-2H3. The van der Waals surface area contributed by atoms with Crippen LogP contribution < -0.4 is 4.72 Å². The van der Waals surface area contributed by atoms with Gasteiger partial charge in [-0.2, -0.15) is 0 Å². The molecule has 0 aliphatic carbocycles. The first-order chi connectivity index (χ1) is 10.5. The summed E-state index contributed by atoms with van der Waals surface area (Å²) in [5.74, 6) is 0.292. The molecule has 0 fully saturated rings. The Morgan fingerprint density at radius 3 is 2.27 bits per heavy atom. The van der Waals surface area contributed by atoms with E-state index >= 15 is 0 Å². The lowest BCUT2D eigenvalue weighted by Crippen LogP contribution is -2.28. The molecule has 0 saturated heterocycles. The maximum absolute atomic E-state index is 12.2. The van der Waals surface area contributed by atoms with Gasteiger partial charge in [-0.25, -0.2) is 13.1 Å². The van der Waals surface area contributed by atoms with Gasteiger partial charge in [0, 0.05) is 6.54 Å². The molecule has 0 amide bonds. The van der Waals surface area contributed by atoms with Crippen molar-refractivity contribution < 1.29 is 8.42 Å². The maximum atomic E-state index is 12.2. The van der Waals surface area contributed by atoms with Gasteiger partial charge in [-0.15, -0.1) is 0 Å². The third-order valence-corrected chi connectivity index (χ3v) is 5.16. The van der Waals surface area contributed by atoms with E-state index in [0.29, 0.717) is 17.4 Å². The number of hydrogen-bond acceptors (Lipinski definition) is 2. The number of nitrogens with one attached hydrogen (secondary N) is 1. The lowest BCUT2D eigenvalue weighted by atomic mass is 10.0. The summed E-state index contributed by atoms with van der Waals surface area (Å²) in [6.07, 6.45) is 1.93. The number of benzene rings is 2. The summed E-state index contributed by atoms with van der Waals surface area (Å²) in [6.45, 7) is 4.47. The Hall–Kier alpha value is -1.65. The van der Waals surface area contributed by atoms with E-state index in [-0.39, 0.29) is 0 Å². The molecule has 1 N–H and O–H groups in total. The third kappa shape index (κ3) is 4.97. The molecule has 0 heterocycles. The van der Waals surface area contributed by atoms with Crippen LogP contribution in [-0.4, -0.2) is 15.0 Å². The first-order valence-electron chi connectivity index (χ1n) is 7.57. The quantitative estimate of drug-likeness (QED) is 0.849. The van der Waals surface area contributed by atoms with E-state index in [9.17, 15) is 8.42 Å². The SMILES string of the molecule is Cc1ccc(S(=O)(=O)NCC(C)CCc2ccccc2)cc1. The predicted molar refractivity (Wildman–Crippen MR) is 90.3 cm³/mol. The van der Waals surface area contributed by atoms with Crippen molar-refractivity contribution >= 4 is 10.0 Å². The van der Waals surface area contributed by atoms with E-state index in [1.807, 2.05) is 37.3 Å². The van der Waals surface area contributed by atoms with Crippen molar-refractivity contribution in [1.29, 1.82) is 0 Å². The molecule has 0 saturated carbocycles. The van der Waals surface area contributed by atoms with Crippen molar-refractivity contribution in [3.63, 3.8) is 0 Å². The molecule has 0 spiro atoms. The Morgan fingerprint density at radius 2 is 1.64 bits per heavy atom. The van der Waals surface area contributed by atoms with E-state index < -0.39 is 10.0 Å². The Morgan fingerprint density at radius 1 is 1.00 bits per heavy atom. The molecule has 0 bridgehead atoms. The average molecular weight is 317 g/mol. The van der Waals surface area contributed by atoms with E-state index in [1.165, 1.54) is 5.56 Å². The average Bonchev–Trinajstić information content (AvgIpc) is 2.52. The molecule has 1 atom stereocenters. The topological polar surface area (TPSA) is 46.2 Å².